The van der Waals surface area contributed by atoms with Crippen LogP contribution in [0.25, 0.3) is 0 Å². The van der Waals surface area contributed by atoms with Gasteiger partial charge in [-0.3, -0.25) is 4.79 Å². The van der Waals surface area contributed by atoms with E-state index in [4.69, 9.17) is 14.6 Å². The third-order valence-electron chi connectivity index (χ3n) is 3.97. The number of nitrogens with one attached hydrogen (secondary N) is 1. The molecular formula is C14H13F3N2O5. The Hall–Kier alpha value is -2.65. The smallest absolute Gasteiger partial charge is 0.394 e. The molecule has 2 aliphatic heterocycles. The normalized spacial score (nSPS) is 22.5. The number of hydrogen-bond donors (Lipinski definition) is 2. The maximum atomic E-state index is 12.9. The lowest BCUT2D eigenvalue weighted by Gasteiger charge is -2.18. The number of fused-ring (bicyclic) bond motifs is 1. The zero-order valence-corrected chi connectivity index (χ0v) is 12.2. The topological polar surface area (TPSA) is 88.1 Å². The van der Waals surface area contributed by atoms with Gasteiger partial charge in [0.05, 0.1) is 11.8 Å². The van der Waals surface area contributed by atoms with E-state index in [0.29, 0.717) is 17.2 Å². The second kappa shape index (κ2) is 5.77. The number of alkyl halides is 3. The van der Waals surface area contributed by atoms with Gasteiger partial charge in [-0.05, 0) is 12.1 Å². The summed E-state index contributed by atoms with van der Waals surface area (Å²) in [7, 11) is 0. The summed E-state index contributed by atoms with van der Waals surface area (Å²) in [5.41, 5.74) is 0.312. The third-order valence-corrected chi connectivity index (χ3v) is 3.97. The Bertz CT molecular complexity index is 679. The number of carbonyl (C=O) groups is 2. The SMILES string of the molecule is O=C(O)[C@@H]1CN(C(=O)Nc2ccc3c(c2)OCO3)C[C@H]1C(F)(F)F. The predicted molar refractivity (Wildman–Crippen MR) is 73.8 cm³/mol. The average molecular weight is 346 g/mol. The van der Waals surface area contributed by atoms with E-state index in [1.807, 2.05) is 0 Å². The van der Waals surface area contributed by atoms with Crippen LogP contribution in [0, 0.1) is 11.8 Å². The third kappa shape index (κ3) is 3.03. The van der Waals surface area contributed by atoms with Crippen LogP contribution in [0.3, 0.4) is 0 Å². The molecule has 0 unspecified atom stereocenters. The second-order valence-electron chi connectivity index (χ2n) is 5.50. The maximum absolute atomic E-state index is 12.9. The summed E-state index contributed by atoms with van der Waals surface area (Å²) in [6, 6.07) is 3.75. The molecule has 2 heterocycles. The lowest BCUT2D eigenvalue weighted by molar-refractivity contribution is -0.187. The number of rotatable bonds is 2. The van der Waals surface area contributed by atoms with Gasteiger partial charge in [-0.25, -0.2) is 4.79 Å². The van der Waals surface area contributed by atoms with Gasteiger partial charge in [-0.2, -0.15) is 13.2 Å². The first kappa shape index (κ1) is 16.2. The molecule has 3 rings (SSSR count). The molecule has 1 aromatic carbocycles. The van der Waals surface area contributed by atoms with Crippen molar-refractivity contribution < 1.29 is 37.3 Å². The number of hydrogen-bond acceptors (Lipinski definition) is 4. The van der Waals surface area contributed by atoms with Crippen molar-refractivity contribution in [3.8, 4) is 11.5 Å². The van der Waals surface area contributed by atoms with Gasteiger partial charge in [0.1, 0.15) is 0 Å². The standard InChI is InChI=1S/C14H13F3N2O5/c15-14(16,17)9-5-19(4-8(9)12(20)21)13(22)18-7-1-2-10-11(3-7)24-6-23-10/h1-3,8-9H,4-6H2,(H,18,22)(H,20,21)/t8-,9-/m1/s1. The summed E-state index contributed by atoms with van der Waals surface area (Å²) < 4.78 is 49.1. The number of nitrogens with zero attached hydrogens (tertiary/aromatic N) is 1. The van der Waals surface area contributed by atoms with E-state index >= 15 is 0 Å². The summed E-state index contributed by atoms with van der Waals surface area (Å²) >= 11 is 0. The molecule has 2 N–H and O–H groups in total. The molecule has 1 fully saturated rings. The Morgan fingerprint density at radius 2 is 1.92 bits per heavy atom. The minimum absolute atomic E-state index is 0.0480. The summed E-state index contributed by atoms with van der Waals surface area (Å²) in [6.07, 6.45) is -4.68. The van der Waals surface area contributed by atoms with Crippen LogP contribution in [0.15, 0.2) is 18.2 Å². The lowest BCUT2D eigenvalue weighted by atomic mass is 9.96. The highest BCUT2D eigenvalue weighted by Gasteiger charge is 2.53. The monoisotopic (exact) mass is 346 g/mol. The average Bonchev–Trinajstić information content (AvgIpc) is 3.13. The minimum Gasteiger partial charge on any atom is -0.481 e. The van der Waals surface area contributed by atoms with Crippen LogP contribution < -0.4 is 14.8 Å². The van der Waals surface area contributed by atoms with Crippen molar-refractivity contribution in [1.82, 2.24) is 4.90 Å². The molecule has 10 heteroatoms. The van der Waals surface area contributed by atoms with Gasteiger partial charge in [0.25, 0.3) is 0 Å². The fourth-order valence-corrected chi connectivity index (χ4v) is 2.73. The molecule has 7 nitrogen and oxygen atoms in total. The van der Waals surface area contributed by atoms with Crippen molar-refractivity contribution in [3.63, 3.8) is 0 Å². The molecule has 0 aliphatic carbocycles. The van der Waals surface area contributed by atoms with Gasteiger partial charge in [-0.15, -0.1) is 0 Å². The molecule has 0 saturated carbocycles. The molecule has 1 aromatic rings. The highest BCUT2D eigenvalue weighted by molar-refractivity contribution is 5.90. The fourth-order valence-electron chi connectivity index (χ4n) is 2.73. The number of halogens is 3. The summed E-state index contributed by atoms with van der Waals surface area (Å²) in [5.74, 6) is -4.43. The molecule has 130 valence electrons. The first-order valence-electron chi connectivity index (χ1n) is 7.01. The first-order valence-corrected chi connectivity index (χ1v) is 7.01. The Morgan fingerprint density at radius 1 is 1.21 bits per heavy atom. The van der Waals surface area contributed by atoms with Gasteiger partial charge in [-0.1, -0.05) is 0 Å². The number of carbonyl (C=O) groups excluding carboxylic acids is 1. The van der Waals surface area contributed by atoms with Crippen LogP contribution in [-0.2, 0) is 4.79 Å². The van der Waals surface area contributed by atoms with Crippen LogP contribution in [0.4, 0.5) is 23.7 Å². The number of benzene rings is 1. The number of ether oxygens (including phenoxy) is 2. The maximum Gasteiger partial charge on any atom is 0.394 e. The molecule has 2 amide bonds. The van der Waals surface area contributed by atoms with Crippen molar-refractivity contribution >= 4 is 17.7 Å². The zero-order valence-electron chi connectivity index (χ0n) is 12.2. The van der Waals surface area contributed by atoms with E-state index in [1.165, 1.54) is 12.1 Å². The molecule has 0 spiro atoms. The molecule has 2 aliphatic rings. The predicted octanol–water partition coefficient (Wildman–Crippen LogP) is 2.14. The number of aliphatic carboxylic acids is 1. The zero-order chi connectivity index (χ0) is 17.5. The first-order chi connectivity index (χ1) is 11.3. The van der Waals surface area contributed by atoms with Crippen molar-refractivity contribution in [2.45, 2.75) is 6.18 Å². The van der Waals surface area contributed by atoms with Crippen molar-refractivity contribution in [1.29, 1.82) is 0 Å². The number of likely N-dealkylation sites (tertiary alicyclic amines) is 1. The van der Waals surface area contributed by atoms with Crippen LogP contribution in [0.1, 0.15) is 0 Å². The molecule has 1 saturated heterocycles. The van der Waals surface area contributed by atoms with Gasteiger partial charge in [0.2, 0.25) is 6.79 Å². The largest absolute Gasteiger partial charge is 0.481 e. The van der Waals surface area contributed by atoms with E-state index in [9.17, 15) is 22.8 Å². The fraction of sp³-hybridized carbons (Fsp3) is 0.429. The van der Waals surface area contributed by atoms with Crippen molar-refractivity contribution in [2.24, 2.45) is 11.8 Å². The summed E-state index contributed by atoms with van der Waals surface area (Å²) in [6.45, 7) is -1.15. The number of amides is 2. The van der Waals surface area contributed by atoms with Gasteiger partial charge >= 0.3 is 18.2 Å². The molecule has 0 radical (unpaired) electrons. The quantitative estimate of drug-likeness (QED) is 0.857. The number of carboxylic acid groups (broad SMARTS) is 1. The highest BCUT2D eigenvalue weighted by Crippen LogP contribution is 2.38. The Balaban J connectivity index is 1.70. The lowest BCUT2D eigenvalue weighted by Crippen LogP contribution is -2.35. The van der Waals surface area contributed by atoms with Gasteiger partial charge < -0.3 is 24.8 Å². The molecule has 0 bridgehead atoms. The van der Waals surface area contributed by atoms with Crippen LogP contribution in [0.2, 0.25) is 0 Å². The molecule has 2 atom stereocenters. The molecule has 0 aromatic heterocycles. The van der Waals surface area contributed by atoms with Crippen LogP contribution >= 0.6 is 0 Å². The Labute approximate surface area is 133 Å². The van der Waals surface area contributed by atoms with Crippen molar-refractivity contribution in [2.75, 3.05) is 25.2 Å². The Kier molecular flexibility index (Phi) is 3.90. The van der Waals surface area contributed by atoms with E-state index < -0.39 is 43.1 Å². The molecule has 24 heavy (non-hydrogen) atoms. The van der Waals surface area contributed by atoms with E-state index in [0.717, 1.165) is 4.90 Å². The summed E-state index contributed by atoms with van der Waals surface area (Å²) in [5, 5.41) is 11.4. The van der Waals surface area contributed by atoms with Gasteiger partial charge in [0.15, 0.2) is 11.5 Å². The van der Waals surface area contributed by atoms with E-state index in [2.05, 4.69) is 5.32 Å². The number of urea groups is 1. The van der Waals surface area contributed by atoms with Gasteiger partial charge in [0, 0.05) is 24.8 Å². The number of carboxylic acids is 1. The van der Waals surface area contributed by atoms with E-state index in [-0.39, 0.29) is 6.79 Å². The molecular weight excluding hydrogens is 333 g/mol. The Morgan fingerprint density at radius 3 is 2.54 bits per heavy atom. The van der Waals surface area contributed by atoms with E-state index in [1.54, 1.807) is 6.07 Å². The highest BCUT2D eigenvalue weighted by atomic mass is 19.4. The second-order valence-corrected chi connectivity index (χ2v) is 5.50. The van der Waals surface area contributed by atoms with Crippen molar-refractivity contribution in [3.05, 3.63) is 18.2 Å². The van der Waals surface area contributed by atoms with Crippen LogP contribution in [-0.4, -0.2) is 48.1 Å². The van der Waals surface area contributed by atoms with Crippen LogP contribution in [0.5, 0.6) is 11.5 Å². The minimum atomic E-state index is -4.68. The summed E-state index contributed by atoms with van der Waals surface area (Å²) in [4.78, 5) is 24.0. The number of anilines is 1.